The first-order valence-corrected chi connectivity index (χ1v) is 13.0. The van der Waals surface area contributed by atoms with Crippen LogP contribution < -0.4 is 10.2 Å². The zero-order chi connectivity index (χ0) is 25.7. The summed E-state index contributed by atoms with van der Waals surface area (Å²) in [6.07, 6.45) is 3.21. The fraction of sp³-hybridized carbons (Fsp3) is 0.517. The molecule has 0 amide bonds. The van der Waals surface area contributed by atoms with Crippen LogP contribution in [-0.4, -0.2) is 67.8 Å². The number of esters is 2. The maximum absolute atomic E-state index is 13.0. The average Bonchev–Trinajstić information content (AvgIpc) is 2.85. The van der Waals surface area contributed by atoms with E-state index in [9.17, 15) is 9.59 Å². The lowest BCUT2D eigenvalue weighted by atomic mass is 9.92. The number of anilines is 2. The minimum Gasteiger partial charge on any atom is -0.459 e. The van der Waals surface area contributed by atoms with Crippen LogP contribution >= 0.6 is 0 Å². The van der Waals surface area contributed by atoms with Gasteiger partial charge in [0, 0.05) is 37.9 Å². The van der Waals surface area contributed by atoms with Crippen LogP contribution in [0.5, 0.6) is 0 Å². The number of piperazine rings is 1. The highest BCUT2D eigenvalue weighted by molar-refractivity contribution is 5.97. The number of carbonyl (C=O) groups is 2. The van der Waals surface area contributed by atoms with Crippen molar-refractivity contribution in [2.45, 2.75) is 64.2 Å². The van der Waals surface area contributed by atoms with Crippen LogP contribution in [0.15, 0.2) is 48.5 Å². The summed E-state index contributed by atoms with van der Waals surface area (Å²) in [5.41, 5.74) is 2.50. The van der Waals surface area contributed by atoms with Gasteiger partial charge in [-0.15, -0.1) is 0 Å². The molecule has 194 valence electrons. The first kappa shape index (κ1) is 26.0. The third-order valence-corrected chi connectivity index (χ3v) is 6.81. The molecule has 0 atom stereocenters. The summed E-state index contributed by atoms with van der Waals surface area (Å²) < 4.78 is 11.4. The number of carbonyl (C=O) groups excluding carboxylic acids is 2. The number of rotatable bonds is 6. The summed E-state index contributed by atoms with van der Waals surface area (Å²) in [5.74, 6) is -0.584. The van der Waals surface area contributed by atoms with Gasteiger partial charge in [0.05, 0.1) is 16.8 Å². The zero-order valence-electron chi connectivity index (χ0n) is 22.0. The van der Waals surface area contributed by atoms with Gasteiger partial charge in [0.15, 0.2) is 0 Å². The van der Waals surface area contributed by atoms with Crippen molar-refractivity contribution in [2.24, 2.45) is 0 Å². The highest BCUT2D eigenvalue weighted by atomic mass is 16.6. The summed E-state index contributed by atoms with van der Waals surface area (Å²) in [4.78, 5) is 30.1. The first-order chi connectivity index (χ1) is 17.2. The molecular formula is C29H39N3O4. The molecule has 2 aromatic carbocycles. The van der Waals surface area contributed by atoms with Crippen molar-refractivity contribution >= 4 is 23.3 Å². The van der Waals surface area contributed by atoms with Crippen molar-refractivity contribution in [3.8, 4) is 0 Å². The standard InChI is InChI=1S/C29H39N3O4/c1-29(2,3)36-28(34)25-15-12-23(32-18-16-31(4)17-19-32)20-26(25)30-22-10-13-24(14-11-22)35-27(33)21-8-6-5-7-9-21/h5-9,12,15,20,22,24,30H,10-11,13-14,16-19H2,1-4H3/t22-,24-. The fourth-order valence-electron chi connectivity index (χ4n) is 4.76. The molecule has 36 heavy (non-hydrogen) atoms. The number of nitrogens with one attached hydrogen (secondary N) is 1. The Morgan fingerprint density at radius 2 is 1.56 bits per heavy atom. The Hall–Kier alpha value is -3.06. The maximum atomic E-state index is 13.0. The van der Waals surface area contributed by atoms with E-state index in [2.05, 4.69) is 28.2 Å². The Kier molecular flexibility index (Phi) is 8.19. The van der Waals surface area contributed by atoms with Crippen molar-refractivity contribution in [3.05, 3.63) is 59.7 Å². The van der Waals surface area contributed by atoms with Crippen LogP contribution in [0.25, 0.3) is 0 Å². The van der Waals surface area contributed by atoms with Gasteiger partial charge in [-0.3, -0.25) is 0 Å². The molecule has 0 unspecified atom stereocenters. The Labute approximate surface area is 214 Å². The lowest BCUT2D eigenvalue weighted by Crippen LogP contribution is -2.44. The molecule has 0 radical (unpaired) electrons. The second-order valence-electron chi connectivity index (χ2n) is 10.9. The van der Waals surface area contributed by atoms with Crippen LogP contribution in [0.1, 0.15) is 67.2 Å². The van der Waals surface area contributed by atoms with Crippen molar-refractivity contribution in [1.29, 1.82) is 0 Å². The van der Waals surface area contributed by atoms with Gasteiger partial charge >= 0.3 is 11.9 Å². The van der Waals surface area contributed by atoms with Gasteiger partial charge in [-0.1, -0.05) is 18.2 Å². The third kappa shape index (κ3) is 7.00. The molecule has 7 nitrogen and oxygen atoms in total. The lowest BCUT2D eigenvalue weighted by Gasteiger charge is -2.35. The second-order valence-corrected chi connectivity index (χ2v) is 10.9. The van der Waals surface area contributed by atoms with Crippen LogP contribution in [-0.2, 0) is 9.47 Å². The number of ether oxygens (including phenoxy) is 2. The monoisotopic (exact) mass is 493 g/mol. The van der Waals surface area contributed by atoms with Gasteiger partial charge < -0.3 is 24.6 Å². The van der Waals surface area contributed by atoms with Gasteiger partial charge in [0.2, 0.25) is 0 Å². The molecule has 1 saturated heterocycles. The Morgan fingerprint density at radius 1 is 0.889 bits per heavy atom. The maximum Gasteiger partial charge on any atom is 0.340 e. The van der Waals surface area contributed by atoms with Crippen LogP contribution in [0.2, 0.25) is 0 Å². The first-order valence-electron chi connectivity index (χ1n) is 13.0. The normalized spacial score (nSPS) is 21.1. The van der Waals surface area contributed by atoms with Crippen LogP contribution in [0.3, 0.4) is 0 Å². The van der Waals surface area contributed by atoms with Crippen molar-refractivity contribution < 1.29 is 19.1 Å². The van der Waals surface area contributed by atoms with Crippen molar-refractivity contribution in [1.82, 2.24) is 4.90 Å². The number of benzene rings is 2. The van der Waals surface area contributed by atoms with E-state index in [4.69, 9.17) is 9.47 Å². The van der Waals surface area contributed by atoms with E-state index in [1.54, 1.807) is 12.1 Å². The van der Waals surface area contributed by atoms with E-state index in [0.29, 0.717) is 11.1 Å². The van der Waals surface area contributed by atoms with Gasteiger partial charge in [-0.2, -0.15) is 0 Å². The van der Waals surface area contributed by atoms with E-state index >= 15 is 0 Å². The fourth-order valence-corrected chi connectivity index (χ4v) is 4.76. The average molecular weight is 494 g/mol. The molecule has 4 rings (SSSR count). The summed E-state index contributed by atoms with van der Waals surface area (Å²) in [6.45, 7) is 9.60. The molecule has 0 aromatic heterocycles. The summed E-state index contributed by atoms with van der Waals surface area (Å²) in [7, 11) is 2.14. The third-order valence-electron chi connectivity index (χ3n) is 6.81. The quantitative estimate of drug-likeness (QED) is 0.570. The van der Waals surface area contributed by atoms with Crippen LogP contribution in [0, 0.1) is 0 Å². The number of likely N-dealkylation sites (N-methyl/N-ethyl adjacent to an activating group) is 1. The van der Waals surface area contributed by atoms with Crippen LogP contribution in [0.4, 0.5) is 11.4 Å². The molecule has 0 bridgehead atoms. The Bertz CT molecular complexity index is 1030. The predicted molar refractivity (Wildman–Crippen MR) is 143 cm³/mol. The highest BCUT2D eigenvalue weighted by Gasteiger charge is 2.27. The molecule has 1 heterocycles. The van der Waals surface area contributed by atoms with Gasteiger partial charge in [0.1, 0.15) is 11.7 Å². The Balaban J connectivity index is 1.43. The number of nitrogens with zero attached hydrogens (tertiary/aromatic N) is 2. The second kappa shape index (κ2) is 11.3. The molecule has 2 aliphatic rings. The molecule has 1 N–H and O–H groups in total. The molecule has 1 saturated carbocycles. The topological polar surface area (TPSA) is 71.1 Å². The van der Waals surface area contributed by atoms with E-state index < -0.39 is 5.60 Å². The largest absolute Gasteiger partial charge is 0.459 e. The highest BCUT2D eigenvalue weighted by Crippen LogP contribution is 2.31. The zero-order valence-corrected chi connectivity index (χ0v) is 22.0. The minimum atomic E-state index is -0.564. The summed E-state index contributed by atoms with van der Waals surface area (Å²) >= 11 is 0. The van der Waals surface area contributed by atoms with Gasteiger partial charge in [-0.25, -0.2) is 9.59 Å². The van der Waals surface area contributed by atoms with E-state index in [-0.39, 0.29) is 24.1 Å². The van der Waals surface area contributed by atoms with Gasteiger partial charge in [-0.05, 0) is 83.8 Å². The predicted octanol–water partition coefficient (Wildman–Crippen LogP) is 4.97. The summed E-state index contributed by atoms with van der Waals surface area (Å²) in [6, 6.07) is 15.3. The molecule has 2 fully saturated rings. The number of hydrogen-bond donors (Lipinski definition) is 1. The Morgan fingerprint density at radius 3 is 2.19 bits per heavy atom. The molecule has 7 heteroatoms. The molecule has 0 spiro atoms. The molecule has 2 aromatic rings. The number of hydrogen-bond acceptors (Lipinski definition) is 7. The van der Waals surface area contributed by atoms with Crippen molar-refractivity contribution in [3.63, 3.8) is 0 Å². The van der Waals surface area contributed by atoms with E-state index in [1.165, 1.54) is 0 Å². The van der Waals surface area contributed by atoms with Crippen molar-refractivity contribution in [2.75, 3.05) is 43.4 Å². The minimum absolute atomic E-state index is 0.0854. The molecule has 1 aliphatic carbocycles. The van der Waals surface area contributed by atoms with E-state index in [0.717, 1.165) is 63.2 Å². The molecule has 1 aliphatic heterocycles. The smallest absolute Gasteiger partial charge is 0.340 e. The van der Waals surface area contributed by atoms with E-state index in [1.807, 2.05) is 51.1 Å². The summed E-state index contributed by atoms with van der Waals surface area (Å²) in [5, 5.41) is 3.63. The SMILES string of the molecule is CN1CCN(c2ccc(C(=O)OC(C)(C)C)c(N[C@H]3CC[C@H](OC(=O)c4ccccc4)CC3)c2)CC1. The molecular weight excluding hydrogens is 454 g/mol. The lowest BCUT2D eigenvalue weighted by molar-refractivity contribution is 0.00690. The van der Waals surface area contributed by atoms with Gasteiger partial charge in [0.25, 0.3) is 0 Å².